The number of hydrogen-bond acceptors (Lipinski definition) is 5. The van der Waals surface area contributed by atoms with Gasteiger partial charge >= 0.3 is 12.1 Å². The van der Waals surface area contributed by atoms with E-state index in [1.54, 1.807) is 4.90 Å². The third-order valence-corrected chi connectivity index (χ3v) is 7.37. The molecule has 0 radical (unpaired) electrons. The van der Waals surface area contributed by atoms with Crippen LogP contribution >= 0.6 is 0 Å². The second kappa shape index (κ2) is 9.70. The monoisotopic (exact) mass is 478 g/mol. The van der Waals surface area contributed by atoms with E-state index in [9.17, 15) is 19.5 Å². The molecule has 2 heterocycles. The minimum absolute atomic E-state index is 0.0480. The lowest BCUT2D eigenvalue weighted by Crippen LogP contribution is -2.52. The van der Waals surface area contributed by atoms with Gasteiger partial charge in [0.05, 0.1) is 31.1 Å². The van der Waals surface area contributed by atoms with Gasteiger partial charge in [0, 0.05) is 19.0 Å². The van der Waals surface area contributed by atoms with E-state index in [-0.39, 0.29) is 44.1 Å². The number of hydrogen-bond donors (Lipinski definition) is 2. The zero-order chi connectivity index (χ0) is 24.5. The normalized spacial score (nSPS) is 25.6. The Hall–Kier alpha value is -3.39. The van der Waals surface area contributed by atoms with Crippen molar-refractivity contribution in [2.75, 3.05) is 32.9 Å². The number of likely N-dealkylation sites (tertiary alicyclic amines) is 1. The van der Waals surface area contributed by atoms with Crippen molar-refractivity contribution in [1.82, 2.24) is 10.2 Å². The molecule has 4 atom stereocenters. The molecule has 35 heavy (non-hydrogen) atoms. The van der Waals surface area contributed by atoms with Gasteiger partial charge in [-0.05, 0) is 34.6 Å². The zero-order valence-corrected chi connectivity index (χ0v) is 19.7. The van der Waals surface area contributed by atoms with Crippen molar-refractivity contribution in [2.24, 2.45) is 17.8 Å². The highest BCUT2D eigenvalue weighted by atomic mass is 16.5. The Morgan fingerprint density at radius 2 is 1.69 bits per heavy atom. The van der Waals surface area contributed by atoms with Gasteiger partial charge in [0.1, 0.15) is 6.61 Å². The number of amides is 2. The van der Waals surface area contributed by atoms with Crippen LogP contribution in [0.15, 0.2) is 48.5 Å². The minimum Gasteiger partial charge on any atom is -0.481 e. The van der Waals surface area contributed by atoms with Crippen LogP contribution in [0.5, 0.6) is 0 Å². The maximum absolute atomic E-state index is 13.2. The first kappa shape index (κ1) is 23.4. The molecule has 4 unspecified atom stereocenters. The Bertz CT molecular complexity index is 1090. The Morgan fingerprint density at radius 1 is 1.03 bits per heavy atom. The van der Waals surface area contributed by atoms with Crippen molar-refractivity contribution in [3.63, 3.8) is 0 Å². The fourth-order valence-electron chi connectivity index (χ4n) is 5.68. The molecule has 2 aromatic carbocycles. The van der Waals surface area contributed by atoms with E-state index in [0.29, 0.717) is 13.0 Å². The van der Waals surface area contributed by atoms with Crippen molar-refractivity contribution in [3.8, 4) is 11.1 Å². The lowest BCUT2D eigenvalue weighted by Gasteiger charge is -2.36. The third-order valence-electron chi connectivity index (χ3n) is 7.37. The number of fused-ring (bicyclic) bond motifs is 3. The number of benzene rings is 2. The molecule has 2 aliphatic heterocycles. The molecule has 184 valence electrons. The number of ether oxygens (including phenoxy) is 2. The van der Waals surface area contributed by atoms with E-state index in [2.05, 4.69) is 29.6 Å². The van der Waals surface area contributed by atoms with Crippen LogP contribution in [-0.2, 0) is 19.1 Å². The van der Waals surface area contributed by atoms with Crippen LogP contribution < -0.4 is 5.32 Å². The molecule has 0 aromatic heterocycles. The molecule has 3 aliphatic rings. The van der Waals surface area contributed by atoms with Crippen molar-refractivity contribution in [1.29, 1.82) is 0 Å². The molecule has 2 amide bonds. The third kappa shape index (κ3) is 4.62. The van der Waals surface area contributed by atoms with Crippen molar-refractivity contribution in [3.05, 3.63) is 59.7 Å². The number of rotatable bonds is 5. The van der Waals surface area contributed by atoms with Crippen LogP contribution in [0.25, 0.3) is 11.1 Å². The molecule has 8 nitrogen and oxygen atoms in total. The topological polar surface area (TPSA) is 105 Å². The molecule has 2 N–H and O–H groups in total. The van der Waals surface area contributed by atoms with E-state index in [1.807, 2.05) is 31.2 Å². The lowest BCUT2D eigenvalue weighted by atomic mass is 9.89. The maximum atomic E-state index is 13.2. The number of carboxylic acid groups (broad SMARTS) is 1. The summed E-state index contributed by atoms with van der Waals surface area (Å²) in [6.07, 6.45) is -0.0302. The average Bonchev–Trinajstić information content (AvgIpc) is 3.44. The summed E-state index contributed by atoms with van der Waals surface area (Å²) in [5, 5.41) is 12.2. The van der Waals surface area contributed by atoms with Gasteiger partial charge < -0.3 is 24.8 Å². The van der Waals surface area contributed by atoms with Gasteiger partial charge in [0.2, 0.25) is 5.91 Å². The largest absolute Gasteiger partial charge is 0.481 e. The van der Waals surface area contributed by atoms with Crippen LogP contribution in [0.4, 0.5) is 4.79 Å². The standard InChI is InChI=1S/C27H30N2O6/c1-16-10-17(26(31)32)12-29(11-16)25(30)23-13-34-15-24(23)28-27(33)35-14-22-20-8-4-2-6-18(20)19-7-3-5-9-21(19)22/h2-9,16-17,22-24H,10-15H2,1H3,(H,28,33)(H,31,32). The summed E-state index contributed by atoms with van der Waals surface area (Å²) in [6, 6.07) is 15.7. The predicted octanol–water partition coefficient (Wildman–Crippen LogP) is 3.11. The van der Waals surface area contributed by atoms with Gasteiger partial charge in [-0.25, -0.2) is 4.79 Å². The predicted molar refractivity (Wildman–Crippen MR) is 128 cm³/mol. The zero-order valence-electron chi connectivity index (χ0n) is 19.7. The maximum Gasteiger partial charge on any atom is 0.407 e. The van der Waals surface area contributed by atoms with E-state index in [4.69, 9.17) is 9.47 Å². The summed E-state index contributed by atoms with van der Waals surface area (Å²) in [5.74, 6) is -2.14. The highest BCUT2D eigenvalue weighted by Gasteiger charge is 2.41. The van der Waals surface area contributed by atoms with Crippen molar-refractivity contribution >= 4 is 18.0 Å². The summed E-state index contributed by atoms with van der Waals surface area (Å²) in [4.78, 5) is 39.0. The number of nitrogens with one attached hydrogen (secondary N) is 1. The van der Waals surface area contributed by atoms with Crippen LogP contribution in [-0.4, -0.2) is 66.9 Å². The molecule has 0 spiro atoms. The first-order valence-corrected chi connectivity index (χ1v) is 12.1. The fraction of sp³-hybridized carbons (Fsp3) is 0.444. The number of piperidine rings is 1. The second-order valence-electron chi connectivity index (χ2n) is 9.84. The average molecular weight is 479 g/mol. The Labute approximate surface area is 204 Å². The van der Waals surface area contributed by atoms with Gasteiger partial charge in [-0.15, -0.1) is 0 Å². The molecular formula is C27H30N2O6. The molecule has 2 aromatic rings. The quantitative estimate of drug-likeness (QED) is 0.684. The molecule has 5 rings (SSSR count). The second-order valence-corrected chi connectivity index (χ2v) is 9.84. The summed E-state index contributed by atoms with van der Waals surface area (Å²) in [5.41, 5.74) is 4.57. The van der Waals surface area contributed by atoms with Crippen LogP contribution in [0.1, 0.15) is 30.4 Å². The molecule has 0 saturated carbocycles. The highest BCUT2D eigenvalue weighted by Crippen LogP contribution is 2.44. The summed E-state index contributed by atoms with van der Waals surface area (Å²) < 4.78 is 11.2. The summed E-state index contributed by atoms with van der Waals surface area (Å²) >= 11 is 0. The van der Waals surface area contributed by atoms with E-state index < -0.39 is 29.9 Å². The Balaban J connectivity index is 1.21. The SMILES string of the molecule is CC1CC(C(=O)O)CN(C(=O)C2COCC2NC(=O)OCC2c3ccccc3-c3ccccc32)C1. The van der Waals surface area contributed by atoms with Gasteiger partial charge in [-0.2, -0.15) is 0 Å². The van der Waals surface area contributed by atoms with Crippen molar-refractivity contribution in [2.45, 2.75) is 25.3 Å². The molecule has 0 bridgehead atoms. The van der Waals surface area contributed by atoms with Gasteiger partial charge in [-0.3, -0.25) is 9.59 Å². The molecule has 8 heteroatoms. The van der Waals surface area contributed by atoms with Gasteiger partial charge in [0.15, 0.2) is 0 Å². The van der Waals surface area contributed by atoms with E-state index in [0.717, 1.165) is 22.3 Å². The molecular weight excluding hydrogens is 448 g/mol. The molecule has 2 saturated heterocycles. The lowest BCUT2D eigenvalue weighted by molar-refractivity contribution is -0.148. The van der Waals surface area contributed by atoms with Crippen LogP contribution in [0.3, 0.4) is 0 Å². The Kier molecular flexibility index (Phi) is 6.47. The number of alkyl carbamates (subject to hydrolysis) is 1. The molecule has 2 fully saturated rings. The number of carbonyl (C=O) groups excluding carboxylic acids is 2. The number of nitrogens with zero attached hydrogens (tertiary/aromatic N) is 1. The van der Waals surface area contributed by atoms with Gasteiger partial charge in [0.25, 0.3) is 0 Å². The summed E-state index contributed by atoms with van der Waals surface area (Å²) in [7, 11) is 0. The summed E-state index contributed by atoms with van der Waals surface area (Å²) in [6.45, 7) is 3.24. The van der Waals surface area contributed by atoms with Gasteiger partial charge in [-0.1, -0.05) is 55.5 Å². The smallest absolute Gasteiger partial charge is 0.407 e. The van der Waals surface area contributed by atoms with E-state index in [1.165, 1.54) is 0 Å². The number of aliphatic carboxylic acids is 1. The molecule has 1 aliphatic carbocycles. The van der Waals surface area contributed by atoms with Crippen LogP contribution in [0.2, 0.25) is 0 Å². The first-order valence-electron chi connectivity index (χ1n) is 12.1. The minimum atomic E-state index is -0.884. The number of carbonyl (C=O) groups is 3. The Morgan fingerprint density at radius 3 is 2.34 bits per heavy atom. The first-order chi connectivity index (χ1) is 16.9. The highest BCUT2D eigenvalue weighted by molar-refractivity contribution is 5.82. The fourth-order valence-corrected chi connectivity index (χ4v) is 5.68. The van der Waals surface area contributed by atoms with Crippen LogP contribution in [0, 0.1) is 17.8 Å². The number of carboxylic acids is 1. The van der Waals surface area contributed by atoms with E-state index >= 15 is 0 Å². The van der Waals surface area contributed by atoms with Crippen molar-refractivity contribution < 1.29 is 29.0 Å².